The van der Waals surface area contributed by atoms with Gasteiger partial charge in [0.2, 0.25) is 0 Å². The molecule has 1 saturated heterocycles. The predicted molar refractivity (Wildman–Crippen MR) is 163 cm³/mol. The Balaban J connectivity index is 2.29. The zero-order valence-electron chi connectivity index (χ0n) is 27.0. The third kappa shape index (κ3) is 26.9. The van der Waals surface area contributed by atoms with Crippen molar-refractivity contribution >= 4 is 35.8 Å². The molecular formula is C33H54O12. The standard InChI is InChI=1S/C33H54O12/c34-28-25-30(36)42-21-15-9-3-4-11-17-23-44-32(38)27-33(39)45-24-18-12-6-5-10-16-22-43-31(37)26-29(35)41-20-14-8-2-1-7-13-19-40-28/h1-27H2. The fourth-order valence-electron chi connectivity index (χ4n) is 4.51. The first-order valence-electron chi connectivity index (χ1n) is 16.8. The maximum Gasteiger partial charge on any atom is 0.317 e. The molecule has 1 fully saturated rings. The number of rotatable bonds is 0. The molecule has 0 amide bonds. The molecule has 45 heavy (non-hydrogen) atoms. The van der Waals surface area contributed by atoms with E-state index in [2.05, 4.69) is 0 Å². The molecular weight excluding hydrogens is 588 g/mol. The van der Waals surface area contributed by atoms with Gasteiger partial charge in [-0.05, 0) is 38.5 Å². The zero-order chi connectivity index (χ0) is 32.8. The summed E-state index contributed by atoms with van der Waals surface area (Å²) in [6.45, 7) is 1.53. The van der Waals surface area contributed by atoms with E-state index in [0.29, 0.717) is 38.5 Å². The van der Waals surface area contributed by atoms with Gasteiger partial charge in [-0.2, -0.15) is 0 Å². The van der Waals surface area contributed by atoms with E-state index in [4.69, 9.17) is 28.4 Å². The van der Waals surface area contributed by atoms with Crippen LogP contribution in [0.2, 0.25) is 0 Å². The lowest BCUT2D eigenvalue weighted by Gasteiger charge is -2.07. The molecule has 12 nitrogen and oxygen atoms in total. The summed E-state index contributed by atoms with van der Waals surface area (Å²) >= 11 is 0. The normalized spacial score (nSPS) is 21.6. The molecule has 0 atom stereocenters. The summed E-state index contributed by atoms with van der Waals surface area (Å²) in [5.74, 6) is -3.54. The third-order valence-corrected chi connectivity index (χ3v) is 7.06. The lowest BCUT2D eigenvalue weighted by Crippen LogP contribution is -2.15. The predicted octanol–water partition coefficient (Wildman–Crippen LogP) is 5.45. The highest BCUT2D eigenvalue weighted by Crippen LogP contribution is 2.09. The average molecular weight is 643 g/mol. The van der Waals surface area contributed by atoms with Crippen molar-refractivity contribution < 1.29 is 57.2 Å². The lowest BCUT2D eigenvalue weighted by atomic mass is 10.1. The van der Waals surface area contributed by atoms with Gasteiger partial charge < -0.3 is 28.4 Å². The molecule has 0 unspecified atom stereocenters. The van der Waals surface area contributed by atoms with Crippen LogP contribution in [-0.2, 0) is 57.2 Å². The molecule has 258 valence electrons. The maximum absolute atomic E-state index is 11.8. The average Bonchev–Trinajstić information content (AvgIpc) is 2.99. The number of hydrogen-bond donors (Lipinski definition) is 0. The number of carbonyl (C=O) groups is 6. The van der Waals surface area contributed by atoms with Crippen LogP contribution in [-0.4, -0.2) is 75.5 Å². The van der Waals surface area contributed by atoms with Crippen LogP contribution in [0.1, 0.15) is 135 Å². The number of esters is 6. The van der Waals surface area contributed by atoms with Crippen molar-refractivity contribution in [2.45, 2.75) is 135 Å². The van der Waals surface area contributed by atoms with Gasteiger partial charge in [-0.1, -0.05) is 77.0 Å². The summed E-state index contributed by atoms with van der Waals surface area (Å²) in [6.07, 6.45) is 14.0. The largest absolute Gasteiger partial charge is 0.465 e. The Labute approximate surface area is 267 Å². The van der Waals surface area contributed by atoms with Crippen LogP contribution in [0.3, 0.4) is 0 Å². The Morgan fingerprint density at radius 2 is 0.356 bits per heavy atom. The quantitative estimate of drug-likeness (QED) is 0.187. The van der Waals surface area contributed by atoms with Gasteiger partial charge >= 0.3 is 35.8 Å². The Kier molecular flexibility index (Phi) is 25.1. The van der Waals surface area contributed by atoms with Crippen LogP contribution in [0.15, 0.2) is 0 Å². The molecule has 0 N–H and O–H groups in total. The molecule has 0 bridgehead atoms. The van der Waals surface area contributed by atoms with Crippen molar-refractivity contribution in [3.8, 4) is 0 Å². The Morgan fingerprint density at radius 3 is 0.511 bits per heavy atom. The summed E-state index contributed by atoms with van der Waals surface area (Å²) in [4.78, 5) is 70.9. The van der Waals surface area contributed by atoms with Gasteiger partial charge in [0.15, 0.2) is 0 Å². The van der Waals surface area contributed by atoms with E-state index in [1.54, 1.807) is 0 Å². The van der Waals surface area contributed by atoms with Crippen LogP contribution in [0.4, 0.5) is 0 Å². The topological polar surface area (TPSA) is 158 Å². The van der Waals surface area contributed by atoms with Gasteiger partial charge in [-0.15, -0.1) is 0 Å². The van der Waals surface area contributed by atoms with E-state index in [-0.39, 0.29) is 39.6 Å². The molecule has 0 aromatic rings. The number of ether oxygens (including phenoxy) is 6. The summed E-state index contributed by atoms with van der Waals surface area (Å²) in [7, 11) is 0. The lowest BCUT2D eigenvalue weighted by molar-refractivity contribution is -0.156. The molecule has 1 heterocycles. The minimum Gasteiger partial charge on any atom is -0.465 e. The first-order chi connectivity index (χ1) is 21.9. The molecule has 1 aliphatic rings. The van der Waals surface area contributed by atoms with Crippen molar-refractivity contribution in [3.05, 3.63) is 0 Å². The zero-order valence-corrected chi connectivity index (χ0v) is 27.0. The number of cyclic esters (lactones) is 6. The number of hydrogen-bond acceptors (Lipinski definition) is 12. The fraction of sp³-hybridized carbons (Fsp3) is 0.818. The second kappa shape index (κ2) is 28.3. The Bertz CT molecular complexity index is 681. The van der Waals surface area contributed by atoms with E-state index in [9.17, 15) is 28.8 Å². The molecule has 0 aliphatic carbocycles. The molecule has 0 aromatic heterocycles. The van der Waals surface area contributed by atoms with Crippen molar-refractivity contribution in [2.75, 3.05) is 39.6 Å². The van der Waals surface area contributed by atoms with Crippen LogP contribution < -0.4 is 0 Å². The fourth-order valence-corrected chi connectivity index (χ4v) is 4.51. The van der Waals surface area contributed by atoms with E-state index in [1.165, 1.54) is 0 Å². The van der Waals surface area contributed by atoms with Gasteiger partial charge in [-0.25, -0.2) is 0 Å². The van der Waals surface area contributed by atoms with E-state index >= 15 is 0 Å². The van der Waals surface area contributed by atoms with E-state index < -0.39 is 55.1 Å². The molecule has 0 radical (unpaired) electrons. The second-order valence-electron chi connectivity index (χ2n) is 11.2. The molecule has 1 rings (SSSR count). The van der Waals surface area contributed by atoms with Crippen molar-refractivity contribution in [1.82, 2.24) is 0 Å². The minimum atomic E-state index is -0.590. The number of carbonyl (C=O) groups excluding carboxylic acids is 6. The summed E-state index contributed by atoms with van der Waals surface area (Å²) < 4.78 is 30.6. The first-order valence-corrected chi connectivity index (χ1v) is 16.8. The van der Waals surface area contributed by atoms with Crippen LogP contribution in [0, 0.1) is 0 Å². The summed E-state index contributed by atoms with van der Waals surface area (Å²) in [5, 5.41) is 0. The molecule has 0 spiro atoms. The van der Waals surface area contributed by atoms with Gasteiger partial charge in [-0.3, -0.25) is 28.8 Å². The Hall–Kier alpha value is -3.18. The smallest absolute Gasteiger partial charge is 0.317 e. The Morgan fingerprint density at radius 1 is 0.222 bits per heavy atom. The van der Waals surface area contributed by atoms with Gasteiger partial charge in [0, 0.05) is 0 Å². The third-order valence-electron chi connectivity index (χ3n) is 7.06. The van der Waals surface area contributed by atoms with Crippen molar-refractivity contribution in [3.63, 3.8) is 0 Å². The minimum absolute atomic E-state index is 0.256. The highest BCUT2D eigenvalue weighted by Gasteiger charge is 2.14. The SMILES string of the molecule is O=C1CC(=O)OCCCCCCCCOC(=O)CC(=O)OCCCCCCCCOC(=O)CC(=O)OCCCCCCCCO1. The summed E-state index contributed by atoms with van der Waals surface area (Å²) in [6, 6.07) is 0. The second-order valence-corrected chi connectivity index (χ2v) is 11.2. The van der Waals surface area contributed by atoms with Gasteiger partial charge in [0.05, 0.1) is 39.6 Å². The van der Waals surface area contributed by atoms with Crippen LogP contribution >= 0.6 is 0 Å². The van der Waals surface area contributed by atoms with Gasteiger partial charge in [0.1, 0.15) is 19.3 Å². The molecule has 1 aliphatic heterocycles. The molecule has 0 aromatic carbocycles. The van der Waals surface area contributed by atoms with Crippen molar-refractivity contribution in [1.29, 1.82) is 0 Å². The van der Waals surface area contributed by atoms with Crippen molar-refractivity contribution in [2.24, 2.45) is 0 Å². The van der Waals surface area contributed by atoms with Crippen LogP contribution in [0.5, 0.6) is 0 Å². The highest BCUT2D eigenvalue weighted by atomic mass is 16.6. The molecule has 0 saturated carbocycles. The van der Waals surface area contributed by atoms with Gasteiger partial charge in [0.25, 0.3) is 0 Å². The van der Waals surface area contributed by atoms with Crippen LogP contribution in [0.25, 0.3) is 0 Å². The monoisotopic (exact) mass is 642 g/mol. The molecule has 12 heteroatoms. The summed E-state index contributed by atoms with van der Waals surface area (Å²) in [5.41, 5.74) is 0. The maximum atomic E-state index is 11.8. The highest BCUT2D eigenvalue weighted by molar-refractivity contribution is 5.92. The van der Waals surface area contributed by atoms with E-state index in [1.807, 2.05) is 0 Å². The van der Waals surface area contributed by atoms with E-state index in [0.717, 1.165) is 77.0 Å². The first kappa shape index (κ1) is 39.8.